The van der Waals surface area contributed by atoms with Crippen LogP contribution in [0, 0.1) is 0 Å². The number of hydrogen-bond acceptors (Lipinski definition) is 4. The predicted octanol–water partition coefficient (Wildman–Crippen LogP) is 3.11. The molecular weight excluding hydrogens is 368 g/mol. The third kappa shape index (κ3) is 4.53. The monoisotopic (exact) mass is 384 g/mol. The van der Waals surface area contributed by atoms with E-state index in [1.807, 2.05) is 6.92 Å². The highest BCUT2D eigenvalue weighted by molar-refractivity contribution is 9.10. The molecule has 0 atom stereocenters. The second-order valence-corrected chi connectivity index (χ2v) is 7.24. The van der Waals surface area contributed by atoms with Crippen molar-refractivity contribution in [3.05, 3.63) is 52.8 Å². The van der Waals surface area contributed by atoms with Gasteiger partial charge < -0.3 is 4.74 Å². The average Bonchev–Trinajstić information content (AvgIpc) is 2.53. The molecule has 5 nitrogen and oxygen atoms in total. The second-order valence-electron chi connectivity index (χ2n) is 4.62. The zero-order valence-corrected chi connectivity index (χ0v) is 14.5. The number of nitrogens with zero attached hydrogens (tertiary/aromatic N) is 1. The quantitative estimate of drug-likeness (QED) is 0.795. The standard InChI is InChI=1S/C15H17BrN2O3S/c1-2-9-21-15-10-13(3-4-14(15)16)22(19,20)18-11-12-5-7-17-8-6-12/h3-8,10,18H,2,9,11H2,1H3. The lowest BCUT2D eigenvalue weighted by atomic mass is 10.3. The Bertz CT molecular complexity index is 721. The second kappa shape index (κ2) is 7.71. The third-order valence-electron chi connectivity index (χ3n) is 2.89. The first-order valence-electron chi connectivity index (χ1n) is 6.84. The summed E-state index contributed by atoms with van der Waals surface area (Å²) in [6.07, 6.45) is 4.10. The molecule has 0 fully saturated rings. The third-order valence-corrected chi connectivity index (χ3v) is 4.94. The Kier molecular flexibility index (Phi) is 5.93. The van der Waals surface area contributed by atoms with Crippen LogP contribution in [0.3, 0.4) is 0 Å². The van der Waals surface area contributed by atoms with Gasteiger partial charge in [0.1, 0.15) is 5.75 Å². The highest BCUT2D eigenvalue weighted by atomic mass is 79.9. The Morgan fingerprint density at radius 3 is 2.64 bits per heavy atom. The molecule has 7 heteroatoms. The van der Waals surface area contributed by atoms with Crippen LogP contribution in [0.25, 0.3) is 0 Å². The van der Waals surface area contributed by atoms with Gasteiger partial charge in [0, 0.05) is 25.0 Å². The normalized spacial score (nSPS) is 11.4. The minimum absolute atomic E-state index is 0.177. The number of hydrogen-bond donors (Lipinski definition) is 1. The van der Waals surface area contributed by atoms with Crippen molar-refractivity contribution in [3.8, 4) is 5.75 Å². The number of sulfonamides is 1. The van der Waals surface area contributed by atoms with Gasteiger partial charge in [-0.05, 0) is 52.2 Å². The van der Waals surface area contributed by atoms with E-state index >= 15 is 0 Å². The summed E-state index contributed by atoms with van der Waals surface area (Å²) in [5.41, 5.74) is 0.846. The molecule has 0 saturated heterocycles. The molecule has 118 valence electrons. The summed E-state index contributed by atoms with van der Waals surface area (Å²) in [5.74, 6) is 0.522. The molecule has 0 amide bonds. The van der Waals surface area contributed by atoms with Crippen LogP contribution < -0.4 is 9.46 Å². The summed E-state index contributed by atoms with van der Waals surface area (Å²) < 4.78 is 33.5. The molecule has 22 heavy (non-hydrogen) atoms. The fourth-order valence-electron chi connectivity index (χ4n) is 1.74. The Hall–Kier alpha value is -1.44. The van der Waals surface area contributed by atoms with Crippen molar-refractivity contribution in [2.45, 2.75) is 24.8 Å². The maximum Gasteiger partial charge on any atom is 0.241 e. The summed E-state index contributed by atoms with van der Waals surface area (Å²) in [6.45, 7) is 2.74. The summed E-state index contributed by atoms with van der Waals surface area (Å²) in [6, 6.07) is 8.26. The van der Waals surface area contributed by atoms with Gasteiger partial charge in [0.15, 0.2) is 0 Å². The lowest BCUT2D eigenvalue weighted by molar-refractivity contribution is 0.314. The Morgan fingerprint density at radius 1 is 1.23 bits per heavy atom. The summed E-state index contributed by atoms with van der Waals surface area (Å²) >= 11 is 3.36. The van der Waals surface area contributed by atoms with E-state index in [2.05, 4.69) is 25.6 Å². The van der Waals surface area contributed by atoms with E-state index in [0.29, 0.717) is 12.4 Å². The summed E-state index contributed by atoms with van der Waals surface area (Å²) in [4.78, 5) is 4.08. The van der Waals surface area contributed by atoms with Gasteiger partial charge in [0.05, 0.1) is 16.0 Å². The van der Waals surface area contributed by atoms with Gasteiger partial charge in [0.25, 0.3) is 0 Å². The molecule has 0 aliphatic carbocycles. The lowest BCUT2D eigenvalue weighted by Gasteiger charge is -2.11. The van der Waals surface area contributed by atoms with E-state index in [1.165, 1.54) is 12.1 Å². The van der Waals surface area contributed by atoms with Gasteiger partial charge >= 0.3 is 0 Å². The van der Waals surface area contributed by atoms with Crippen LogP contribution in [-0.4, -0.2) is 20.0 Å². The molecule has 0 saturated carbocycles. The van der Waals surface area contributed by atoms with Gasteiger partial charge in [-0.1, -0.05) is 6.92 Å². The molecule has 0 aliphatic rings. The molecule has 0 unspecified atom stereocenters. The summed E-state index contributed by atoms with van der Waals surface area (Å²) in [5, 5.41) is 0. The molecule has 1 aromatic heterocycles. The number of aromatic nitrogens is 1. The first kappa shape index (κ1) is 16.9. The van der Waals surface area contributed by atoms with Crippen molar-refractivity contribution in [2.75, 3.05) is 6.61 Å². The maximum absolute atomic E-state index is 12.3. The lowest BCUT2D eigenvalue weighted by Crippen LogP contribution is -2.23. The molecule has 1 N–H and O–H groups in total. The molecule has 0 spiro atoms. The predicted molar refractivity (Wildman–Crippen MR) is 88.2 cm³/mol. The largest absolute Gasteiger partial charge is 0.492 e. The maximum atomic E-state index is 12.3. The van der Waals surface area contributed by atoms with Crippen molar-refractivity contribution in [3.63, 3.8) is 0 Å². The van der Waals surface area contributed by atoms with Crippen LogP contribution in [0.5, 0.6) is 5.75 Å². The molecule has 2 rings (SSSR count). The van der Waals surface area contributed by atoms with Crippen molar-refractivity contribution in [1.82, 2.24) is 9.71 Å². The molecule has 0 aliphatic heterocycles. The van der Waals surface area contributed by atoms with Gasteiger partial charge in [0.2, 0.25) is 10.0 Å². The molecule has 2 aromatic rings. The van der Waals surface area contributed by atoms with E-state index in [-0.39, 0.29) is 11.4 Å². The number of rotatable bonds is 7. The molecule has 1 aromatic carbocycles. The van der Waals surface area contributed by atoms with Crippen LogP contribution in [0.4, 0.5) is 0 Å². The minimum Gasteiger partial charge on any atom is -0.492 e. The molecule has 0 radical (unpaired) electrons. The van der Waals surface area contributed by atoms with E-state index < -0.39 is 10.0 Å². The fraction of sp³-hybridized carbons (Fsp3) is 0.267. The fourth-order valence-corrected chi connectivity index (χ4v) is 3.13. The van der Waals surface area contributed by atoms with Gasteiger partial charge in [-0.15, -0.1) is 0 Å². The summed E-state index contributed by atoms with van der Waals surface area (Å²) in [7, 11) is -3.59. The molecule has 1 heterocycles. The number of pyridine rings is 1. The number of halogens is 1. The van der Waals surface area contributed by atoms with Crippen LogP contribution >= 0.6 is 15.9 Å². The minimum atomic E-state index is -3.59. The zero-order valence-electron chi connectivity index (χ0n) is 12.1. The highest BCUT2D eigenvalue weighted by Gasteiger charge is 2.16. The first-order valence-corrected chi connectivity index (χ1v) is 9.11. The first-order chi connectivity index (χ1) is 10.5. The van der Waals surface area contributed by atoms with Gasteiger partial charge in [-0.2, -0.15) is 0 Å². The highest BCUT2D eigenvalue weighted by Crippen LogP contribution is 2.28. The number of ether oxygens (including phenoxy) is 1. The topological polar surface area (TPSA) is 68.3 Å². The smallest absolute Gasteiger partial charge is 0.241 e. The van der Waals surface area contributed by atoms with Gasteiger partial charge in [-0.3, -0.25) is 4.98 Å². The zero-order chi connectivity index (χ0) is 16.0. The van der Waals surface area contributed by atoms with Crippen molar-refractivity contribution in [1.29, 1.82) is 0 Å². The molecular formula is C15H17BrN2O3S. The van der Waals surface area contributed by atoms with Crippen LogP contribution in [0.1, 0.15) is 18.9 Å². The van der Waals surface area contributed by atoms with Crippen molar-refractivity contribution >= 4 is 26.0 Å². The Morgan fingerprint density at radius 2 is 1.95 bits per heavy atom. The number of nitrogens with one attached hydrogen (secondary N) is 1. The van der Waals surface area contributed by atoms with E-state index in [4.69, 9.17) is 4.74 Å². The molecule has 0 bridgehead atoms. The van der Waals surface area contributed by atoms with E-state index in [9.17, 15) is 8.42 Å². The SMILES string of the molecule is CCCOc1cc(S(=O)(=O)NCc2ccncc2)ccc1Br. The van der Waals surface area contributed by atoms with Crippen molar-refractivity contribution in [2.24, 2.45) is 0 Å². The van der Waals surface area contributed by atoms with Crippen LogP contribution in [0.15, 0.2) is 52.1 Å². The van der Waals surface area contributed by atoms with E-state index in [0.717, 1.165) is 16.5 Å². The van der Waals surface area contributed by atoms with Crippen LogP contribution in [0.2, 0.25) is 0 Å². The van der Waals surface area contributed by atoms with Gasteiger partial charge in [-0.25, -0.2) is 13.1 Å². The Balaban J connectivity index is 2.15. The average molecular weight is 385 g/mol. The van der Waals surface area contributed by atoms with Crippen molar-refractivity contribution < 1.29 is 13.2 Å². The number of benzene rings is 1. The Labute approximate surface area is 138 Å². The van der Waals surface area contributed by atoms with Crippen LogP contribution in [-0.2, 0) is 16.6 Å². The van der Waals surface area contributed by atoms with E-state index in [1.54, 1.807) is 30.6 Å².